The average Bonchev–Trinajstić information content (AvgIpc) is 2.38. The number of aliphatic hydroxyl groups is 5. The molecule has 1 aliphatic heterocycles. The van der Waals surface area contributed by atoms with Gasteiger partial charge in [-0.25, -0.2) is 9.18 Å². The zero-order valence-corrected chi connectivity index (χ0v) is 10.0. The number of hydrogen-bond acceptors (Lipinski definition) is 7. The van der Waals surface area contributed by atoms with Gasteiger partial charge in [-0.2, -0.15) is 0 Å². The molecule has 0 aromatic heterocycles. The molecule has 0 bridgehead atoms. The molecule has 0 aliphatic carbocycles. The quantitative estimate of drug-likeness (QED) is 0.324. The van der Waals surface area contributed by atoms with E-state index in [9.17, 15) is 29.6 Å². The fraction of sp³-hybridized carbons (Fsp3) is 0.900. The first-order valence-electron chi connectivity index (χ1n) is 5.59. The van der Waals surface area contributed by atoms with Crippen LogP contribution in [0.1, 0.15) is 6.92 Å². The summed E-state index contributed by atoms with van der Waals surface area (Å²) in [5, 5.41) is 55.5. The van der Waals surface area contributed by atoms with Crippen LogP contribution in [0, 0.1) is 5.92 Å². The Balaban J connectivity index is 3.04. The number of aliphatic hydroxyl groups excluding tert-OH is 4. The molecule has 0 radical (unpaired) electrons. The first-order chi connectivity index (χ1) is 8.66. The molecule has 1 aliphatic rings. The van der Waals surface area contributed by atoms with E-state index in [0.717, 1.165) is 0 Å². The molecule has 7 atom stereocenters. The van der Waals surface area contributed by atoms with Crippen LogP contribution in [0.15, 0.2) is 0 Å². The van der Waals surface area contributed by atoms with Gasteiger partial charge in [-0.05, 0) is 0 Å². The van der Waals surface area contributed by atoms with Crippen LogP contribution in [0.25, 0.3) is 0 Å². The predicted octanol–water partition coefficient (Wildman–Crippen LogP) is -2.79. The van der Waals surface area contributed by atoms with Crippen molar-refractivity contribution in [3.8, 4) is 0 Å². The van der Waals surface area contributed by atoms with Gasteiger partial charge in [0.15, 0.2) is 6.17 Å². The number of ether oxygens (including phenoxy) is 1. The Hall–Kier alpha value is -0.840. The maximum absolute atomic E-state index is 13.6. The van der Waals surface area contributed by atoms with Crippen molar-refractivity contribution in [1.82, 2.24) is 0 Å². The summed E-state index contributed by atoms with van der Waals surface area (Å²) < 4.78 is 18.3. The first-order valence-corrected chi connectivity index (χ1v) is 5.59. The lowest BCUT2D eigenvalue weighted by atomic mass is 9.83. The van der Waals surface area contributed by atoms with E-state index < -0.39 is 54.9 Å². The SMILES string of the molecule is CC1C(O)C(F)C(O)(C(=O)O)OC1C(O)C(O)CO. The minimum absolute atomic E-state index is 0.853. The van der Waals surface area contributed by atoms with E-state index in [-0.39, 0.29) is 0 Å². The maximum Gasteiger partial charge on any atom is 0.367 e. The highest BCUT2D eigenvalue weighted by Gasteiger charge is 2.59. The monoisotopic (exact) mass is 284 g/mol. The molecule has 112 valence electrons. The van der Waals surface area contributed by atoms with Crippen molar-refractivity contribution in [2.24, 2.45) is 5.92 Å². The van der Waals surface area contributed by atoms with Crippen LogP contribution in [0.4, 0.5) is 4.39 Å². The lowest BCUT2D eigenvalue weighted by molar-refractivity contribution is -0.327. The highest BCUT2D eigenvalue weighted by Crippen LogP contribution is 2.35. The van der Waals surface area contributed by atoms with Crippen LogP contribution < -0.4 is 0 Å². The molecule has 0 spiro atoms. The number of carboxylic acid groups (broad SMARTS) is 1. The van der Waals surface area contributed by atoms with Crippen molar-refractivity contribution in [3.63, 3.8) is 0 Å². The minimum atomic E-state index is -3.33. The lowest BCUT2D eigenvalue weighted by Crippen LogP contribution is -2.66. The molecule has 0 aromatic rings. The smallest absolute Gasteiger partial charge is 0.367 e. The van der Waals surface area contributed by atoms with Crippen LogP contribution in [-0.2, 0) is 9.53 Å². The van der Waals surface area contributed by atoms with Gasteiger partial charge in [-0.3, -0.25) is 0 Å². The van der Waals surface area contributed by atoms with Gasteiger partial charge >= 0.3 is 11.8 Å². The number of aliphatic carboxylic acids is 1. The van der Waals surface area contributed by atoms with E-state index in [1.165, 1.54) is 6.92 Å². The molecule has 9 heteroatoms. The van der Waals surface area contributed by atoms with E-state index in [2.05, 4.69) is 4.74 Å². The molecule has 1 fully saturated rings. The first kappa shape index (κ1) is 16.2. The van der Waals surface area contributed by atoms with Crippen LogP contribution in [0.5, 0.6) is 0 Å². The molecule has 8 nitrogen and oxygen atoms in total. The van der Waals surface area contributed by atoms with Gasteiger partial charge in [0.25, 0.3) is 0 Å². The normalized spacial score (nSPS) is 42.7. The third-order valence-electron chi connectivity index (χ3n) is 3.27. The van der Waals surface area contributed by atoms with Crippen molar-refractivity contribution < 1.29 is 44.6 Å². The molecule has 0 aromatic carbocycles. The number of carboxylic acids is 1. The second-order valence-corrected chi connectivity index (χ2v) is 4.58. The summed E-state index contributed by atoms with van der Waals surface area (Å²) in [7, 11) is 0. The van der Waals surface area contributed by atoms with Crippen molar-refractivity contribution in [2.75, 3.05) is 6.61 Å². The number of rotatable bonds is 4. The van der Waals surface area contributed by atoms with Gasteiger partial charge in [0.05, 0.1) is 18.8 Å². The van der Waals surface area contributed by atoms with Gasteiger partial charge in [-0.1, -0.05) is 6.92 Å². The van der Waals surface area contributed by atoms with Gasteiger partial charge < -0.3 is 35.4 Å². The maximum atomic E-state index is 13.6. The summed E-state index contributed by atoms with van der Waals surface area (Å²) in [5.74, 6) is -6.50. The zero-order valence-electron chi connectivity index (χ0n) is 10.0. The standard InChI is InChI=1S/C10H17FO8/c1-3-5(14)8(11)10(18,9(16)17)19-7(3)6(15)4(13)2-12/h3-8,12-15,18H,2H2,1H3,(H,16,17). The second kappa shape index (κ2) is 5.65. The molecular weight excluding hydrogens is 267 g/mol. The van der Waals surface area contributed by atoms with Crippen molar-refractivity contribution in [2.45, 2.75) is 43.3 Å². The Labute approximate surface area is 107 Å². The Bertz CT molecular complexity index is 335. The minimum Gasteiger partial charge on any atom is -0.477 e. The molecule has 19 heavy (non-hydrogen) atoms. The fourth-order valence-corrected chi connectivity index (χ4v) is 1.95. The topological polar surface area (TPSA) is 148 Å². The number of alkyl halides is 1. The third-order valence-corrected chi connectivity index (χ3v) is 3.27. The van der Waals surface area contributed by atoms with Gasteiger partial charge in [-0.15, -0.1) is 0 Å². The van der Waals surface area contributed by atoms with E-state index in [4.69, 9.17) is 10.2 Å². The summed E-state index contributed by atoms with van der Waals surface area (Å²) in [4.78, 5) is 10.8. The van der Waals surface area contributed by atoms with Crippen molar-refractivity contribution >= 4 is 5.97 Å². The van der Waals surface area contributed by atoms with Gasteiger partial charge in [0, 0.05) is 5.92 Å². The van der Waals surface area contributed by atoms with Crippen LogP contribution >= 0.6 is 0 Å². The molecule has 0 saturated carbocycles. The Morgan fingerprint density at radius 3 is 2.42 bits per heavy atom. The summed E-state index contributed by atoms with van der Waals surface area (Å²) in [6.45, 7) is 0.394. The van der Waals surface area contributed by atoms with Crippen molar-refractivity contribution in [1.29, 1.82) is 0 Å². The Morgan fingerprint density at radius 2 is 2.00 bits per heavy atom. The number of halogens is 1. The molecule has 1 saturated heterocycles. The highest BCUT2D eigenvalue weighted by molar-refractivity contribution is 5.76. The summed E-state index contributed by atoms with van der Waals surface area (Å²) in [6.07, 6.45) is -9.58. The molecule has 1 heterocycles. The van der Waals surface area contributed by atoms with Crippen LogP contribution in [-0.4, -0.2) is 79.6 Å². The van der Waals surface area contributed by atoms with Gasteiger partial charge in [0.2, 0.25) is 0 Å². The van der Waals surface area contributed by atoms with E-state index in [1.54, 1.807) is 0 Å². The van der Waals surface area contributed by atoms with E-state index in [1.807, 2.05) is 0 Å². The molecule has 0 amide bonds. The summed E-state index contributed by atoms with van der Waals surface area (Å²) in [5.41, 5.74) is 0. The number of carbonyl (C=O) groups is 1. The molecule has 1 rings (SSSR count). The molecule has 6 N–H and O–H groups in total. The Kier molecular flexibility index (Phi) is 4.82. The highest BCUT2D eigenvalue weighted by atomic mass is 19.1. The average molecular weight is 284 g/mol. The van der Waals surface area contributed by atoms with Gasteiger partial charge in [0.1, 0.15) is 12.2 Å². The van der Waals surface area contributed by atoms with Crippen LogP contribution in [0.3, 0.4) is 0 Å². The summed E-state index contributed by atoms with van der Waals surface area (Å²) >= 11 is 0. The largest absolute Gasteiger partial charge is 0.477 e. The molecule has 7 unspecified atom stereocenters. The summed E-state index contributed by atoms with van der Waals surface area (Å²) in [6, 6.07) is 0. The predicted molar refractivity (Wildman–Crippen MR) is 56.6 cm³/mol. The fourth-order valence-electron chi connectivity index (χ4n) is 1.95. The Morgan fingerprint density at radius 1 is 1.47 bits per heavy atom. The third kappa shape index (κ3) is 2.71. The molecular formula is C10H17FO8. The van der Waals surface area contributed by atoms with E-state index in [0.29, 0.717) is 0 Å². The van der Waals surface area contributed by atoms with E-state index >= 15 is 0 Å². The number of hydrogen-bond donors (Lipinski definition) is 6. The van der Waals surface area contributed by atoms with Crippen molar-refractivity contribution in [3.05, 3.63) is 0 Å². The zero-order chi connectivity index (χ0) is 15.0. The second-order valence-electron chi connectivity index (χ2n) is 4.58. The lowest BCUT2D eigenvalue weighted by Gasteiger charge is -2.45. The van der Waals surface area contributed by atoms with Crippen LogP contribution in [0.2, 0.25) is 0 Å².